The predicted molar refractivity (Wildman–Crippen MR) is 94.1 cm³/mol. The first-order valence-corrected chi connectivity index (χ1v) is 7.59. The molecule has 6 nitrogen and oxygen atoms in total. The van der Waals surface area contributed by atoms with E-state index in [0.717, 1.165) is 11.3 Å². The van der Waals surface area contributed by atoms with Gasteiger partial charge < -0.3 is 10.1 Å². The normalized spacial score (nSPS) is 10.5. The van der Waals surface area contributed by atoms with E-state index in [1.54, 1.807) is 37.4 Å². The molecule has 3 rings (SSSR count). The summed E-state index contributed by atoms with van der Waals surface area (Å²) in [7, 11) is 1.58. The van der Waals surface area contributed by atoms with Crippen LogP contribution >= 0.6 is 11.6 Å². The molecule has 3 aromatic rings. The van der Waals surface area contributed by atoms with Crippen molar-refractivity contribution < 1.29 is 4.74 Å². The standard InChI is InChI=1S/C17H15ClN4O2/c1-10-9-12(18)5-8-14(10)19-17-20-16(23)15(21-22-17)11-3-6-13(24-2)7-4-11/h3-9H,1-2H3,(H2,19,20,22,23). The summed E-state index contributed by atoms with van der Waals surface area (Å²) in [6, 6.07) is 12.4. The minimum absolute atomic E-state index is 0.246. The van der Waals surface area contributed by atoms with E-state index in [1.165, 1.54) is 0 Å². The minimum Gasteiger partial charge on any atom is -0.497 e. The summed E-state index contributed by atoms with van der Waals surface area (Å²) >= 11 is 5.93. The number of ether oxygens (including phenoxy) is 1. The molecule has 0 saturated carbocycles. The van der Waals surface area contributed by atoms with Gasteiger partial charge in [-0.3, -0.25) is 9.78 Å². The fourth-order valence-electron chi connectivity index (χ4n) is 2.23. The molecule has 0 aliphatic carbocycles. The smallest absolute Gasteiger partial charge is 0.279 e. The van der Waals surface area contributed by atoms with Gasteiger partial charge in [0, 0.05) is 16.3 Å². The SMILES string of the molecule is COc1ccc(-c2nnc(Nc3ccc(Cl)cc3C)[nH]c2=O)cc1. The Kier molecular flexibility index (Phi) is 4.48. The van der Waals surface area contributed by atoms with E-state index >= 15 is 0 Å². The number of methoxy groups -OCH3 is 1. The number of hydrogen-bond donors (Lipinski definition) is 2. The zero-order valence-corrected chi connectivity index (χ0v) is 13.9. The molecule has 0 saturated heterocycles. The number of aryl methyl sites for hydroxylation is 1. The van der Waals surface area contributed by atoms with Crippen molar-refractivity contribution in [3.63, 3.8) is 0 Å². The van der Waals surface area contributed by atoms with Crippen molar-refractivity contribution in [3.8, 4) is 17.0 Å². The maximum atomic E-state index is 12.3. The van der Waals surface area contributed by atoms with Crippen LogP contribution in [0.5, 0.6) is 5.75 Å². The zero-order valence-electron chi connectivity index (χ0n) is 13.1. The number of benzene rings is 2. The van der Waals surface area contributed by atoms with Crippen molar-refractivity contribution >= 4 is 23.2 Å². The summed E-state index contributed by atoms with van der Waals surface area (Å²) in [4.78, 5) is 15.0. The third kappa shape index (κ3) is 3.38. The Labute approximate surface area is 143 Å². The van der Waals surface area contributed by atoms with Crippen LogP contribution in [0.15, 0.2) is 47.3 Å². The fraction of sp³-hybridized carbons (Fsp3) is 0.118. The van der Waals surface area contributed by atoms with Crippen LogP contribution in [0.2, 0.25) is 5.02 Å². The maximum absolute atomic E-state index is 12.3. The molecule has 1 aromatic heterocycles. The van der Waals surface area contributed by atoms with Crippen molar-refractivity contribution in [2.75, 3.05) is 12.4 Å². The van der Waals surface area contributed by atoms with Crippen LogP contribution in [0.1, 0.15) is 5.56 Å². The molecule has 0 bridgehead atoms. The Balaban J connectivity index is 1.87. The molecule has 0 radical (unpaired) electrons. The molecule has 122 valence electrons. The number of H-pyrrole nitrogens is 1. The summed E-state index contributed by atoms with van der Waals surface area (Å²) in [6.07, 6.45) is 0. The van der Waals surface area contributed by atoms with Gasteiger partial charge in [0.05, 0.1) is 7.11 Å². The van der Waals surface area contributed by atoms with E-state index in [2.05, 4.69) is 20.5 Å². The largest absolute Gasteiger partial charge is 0.497 e. The Morgan fingerprint density at radius 2 is 1.88 bits per heavy atom. The van der Waals surface area contributed by atoms with Crippen molar-refractivity contribution in [2.24, 2.45) is 0 Å². The van der Waals surface area contributed by atoms with Crippen molar-refractivity contribution in [1.82, 2.24) is 15.2 Å². The monoisotopic (exact) mass is 342 g/mol. The Hall–Kier alpha value is -2.86. The highest BCUT2D eigenvalue weighted by Crippen LogP contribution is 2.22. The lowest BCUT2D eigenvalue weighted by atomic mass is 10.1. The summed E-state index contributed by atoms with van der Waals surface area (Å²) < 4.78 is 5.10. The molecular formula is C17H15ClN4O2. The molecule has 0 aliphatic rings. The van der Waals surface area contributed by atoms with Gasteiger partial charge in [0.1, 0.15) is 5.75 Å². The Morgan fingerprint density at radius 3 is 2.50 bits per heavy atom. The van der Waals surface area contributed by atoms with Gasteiger partial charge in [-0.2, -0.15) is 0 Å². The summed E-state index contributed by atoms with van der Waals surface area (Å²) in [5, 5.41) is 11.7. The van der Waals surface area contributed by atoms with Crippen LogP contribution in [0, 0.1) is 6.92 Å². The average Bonchev–Trinajstić information content (AvgIpc) is 2.58. The van der Waals surface area contributed by atoms with E-state index in [9.17, 15) is 4.79 Å². The number of nitrogens with zero attached hydrogens (tertiary/aromatic N) is 2. The lowest BCUT2D eigenvalue weighted by Crippen LogP contribution is -2.15. The molecule has 0 atom stereocenters. The van der Waals surface area contributed by atoms with Gasteiger partial charge in [-0.15, -0.1) is 10.2 Å². The number of rotatable bonds is 4. The first-order valence-electron chi connectivity index (χ1n) is 7.21. The van der Waals surface area contributed by atoms with Crippen molar-refractivity contribution in [2.45, 2.75) is 6.92 Å². The van der Waals surface area contributed by atoms with Crippen LogP contribution in [-0.2, 0) is 0 Å². The number of aromatic amines is 1. The van der Waals surface area contributed by atoms with Crippen LogP contribution in [0.4, 0.5) is 11.6 Å². The van der Waals surface area contributed by atoms with Gasteiger partial charge in [-0.1, -0.05) is 11.6 Å². The third-order valence-corrected chi connectivity index (χ3v) is 3.74. The number of anilines is 2. The number of halogens is 1. The second-order valence-corrected chi connectivity index (χ2v) is 5.60. The minimum atomic E-state index is -0.329. The number of aromatic nitrogens is 3. The topological polar surface area (TPSA) is 79.9 Å². The average molecular weight is 343 g/mol. The molecular weight excluding hydrogens is 328 g/mol. The molecule has 2 N–H and O–H groups in total. The van der Waals surface area contributed by atoms with E-state index < -0.39 is 0 Å². The van der Waals surface area contributed by atoms with E-state index in [1.807, 2.05) is 19.1 Å². The highest BCUT2D eigenvalue weighted by atomic mass is 35.5. The molecule has 0 spiro atoms. The summed E-state index contributed by atoms with van der Waals surface area (Å²) in [5.41, 5.74) is 2.31. The third-order valence-electron chi connectivity index (χ3n) is 3.50. The fourth-order valence-corrected chi connectivity index (χ4v) is 2.45. The molecule has 1 heterocycles. The Bertz CT molecular complexity index is 923. The highest BCUT2D eigenvalue weighted by Gasteiger charge is 2.09. The second-order valence-electron chi connectivity index (χ2n) is 5.16. The molecule has 0 aliphatic heterocycles. The molecule has 2 aromatic carbocycles. The van der Waals surface area contributed by atoms with Gasteiger partial charge in [0.2, 0.25) is 5.95 Å². The van der Waals surface area contributed by atoms with E-state index in [-0.39, 0.29) is 17.2 Å². The van der Waals surface area contributed by atoms with Gasteiger partial charge in [-0.25, -0.2) is 0 Å². The molecule has 7 heteroatoms. The van der Waals surface area contributed by atoms with E-state index in [4.69, 9.17) is 16.3 Å². The van der Waals surface area contributed by atoms with Gasteiger partial charge >= 0.3 is 0 Å². The van der Waals surface area contributed by atoms with Crippen LogP contribution in [-0.4, -0.2) is 22.3 Å². The van der Waals surface area contributed by atoms with Crippen molar-refractivity contribution in [3.05, 3.63) is 63.4 Å². The first kappa shape index (κ1) is 16.0. The summed E-state index contributed by atoms with van der Waals surface area (Å²) in [6.45, 7) is 1.91. The molecule has 0 unspecified atom stereocenters. The lowest BCUT2D eigenvalue weighted by Gasteiger charge is -2.08. The van der Waals surface area contributed by atoms with Crippen LogP contribution in [0.3, 0.4) is 0 Å². The first-order chi connectivity index (χ1) is 11.6. The molecule has 24 heavy (non-hydrogen) atoms. The van der Waals surface area contributed by atoms with Gasteiger partial charge in [0.15, 0.2) is 5.69 Å². The second kappa shape index (κ2) is 6.72. The summed E-state index contributed by atoms with van der Waals surface area (Å²) in [5.74, 6) is 0.974. The van der Waals surface area contributed by atoms with Gasteiger partial charge in [0.25, 0.3) is 5.56 Å². The number of hydrogen-bond acceptors (Lipinski definition) is 5. The Morgan fingerprint density at radius 1 is 1.12 bits per heavy atom. The van der Waals surface area contributed by atoms with E-state index in [0.29, 0.717) is 16.3 Å². The zero-order chi connectivity index (χ0) is 17.1. The van der Waals surface area contributed by atoms with Crippen molar-refractivity contribution in [1.29, 1.82) is 0 Å². The van der Waals surface area contributed by atoms with Crippen LogP contribution < -0.4 is 15.6 Å². The molecule has 0 fully saturated rings. The highest BCUT2D eigenvalue weighted by molar-refractivity contribution is 6.30. The predicted octanol–water partition coefficient (Wildman–Crippen LogP) is 3.55. The van der Waals surface area contributed by atoms with Crippen LogP contribution in [0.25, 0.3) is 11.3 Å². The molecule has 0 amide bonds. The van der Waals surface area contributed by atoms with Gasteiger partial charge in [-0.05, 0) is 55.0 Å². The number of nitrogens with one attached hydrogen (secondary N) is 2. The quantitative estimate of drug-likeness (QED) is 0.758. The lowest BCUT2D eigenvalue weighted by molar-refractivity contribution is 0.415. The maximum Gasteiger partial charge on any atom is 0.279 e.